The summed E-state index contributed by atoms with van der Waals surface area (Å²) < 4.78 is 0. The molecule has 1 fully saturated rings. The smallest absolute Gasteiger partial charge is 0.0798 e. The van der Waals surface area contributed by atoms with Crippen LogP contribution in [0.3, 0.4) is 0 Å². The van der Waals surface area contributed by atoms with Crippen molar-refractivity contribution in [1.82, 2.24) is 15.2 Å². The zero-order valence-corrected chi connectivity index (χ0v) is 11.7. The van der Waals surface area contributed by atoms with Crippen LogP contribution in [0.4, 0.5) is 0 Å². The van der Waals surface area contributed by atoms with Gasteiger partial charge in [-0.05, 0) is 52.7 Å². The van der Waals surface area contributed by atoms with Crippen LogP contribution in [0, 0.1) is 6.92 Å². The Morgan fingerprint density at radius 2 is 2.47 bits per heavy atom. The quantitative estimate of drug-likeness (QED) is 0.844. The zero-order chi connectivity index (χ0) is 12.1. The maximum atomic E-state index is 4.29. The minimum atomic E-state index is 0.786. The molecule has 1 aliphatic rings. The second-order valence-corrected chi connectivity index (χ2v) is 5.97. The van der Waals surface area contributed by atoms with Crippen LogP contribution in [0.2, 0.25) is 0 Å². The molecule has 1 atom stereocenters. The van der Waals surface area contributed by atoms with Crippen LogP contribution in [-0.4, -0.2) is 36.1 Å². The first-order valence-electron chi connectivity index (χ1n) is 6.56. The van der Waals surface area contributed by atoms with Crippen LogP contribution in [0.5, 0.6) is 0 Å². The fourth-order valence-corrected chi connectivity index (χ4v) is 3.27. The average Bonchev–Trinajstić information content (AvgIpc) is 2.92. The number of hydrogen-bond donors (Lipinski definition) is 1. The third kappa shape index (κ3) is 4.05. The summed E-state index contributed by atoms with van der Waals surface area (Å²) in [6, 6.07) is 0.786. The van der Waals surface area contributed by atoms with Gasteiger partial charge in [0.2, 0.25) is 0 Å². The van der Waals surface area contributed by atoms with Gasteiger partial charge in [0.15, 0.2) is 0 Å². The number of nitrogens with one attached hydrogen (secondary N) is 1. The van der Waals surface area contributed by atoms with E-state index in [2.05, 4.69) is 29.2 Å². The molecule has 0 aromatic carbocycles. The van der Waals surface area contributed by atoms with Gasteiger partial charge in [-0.3, -0.25) is 0 Å². The summed E-state index contributed by atoms with van der Waals surface area (Å²) in [6.07, 6.45) is 5.36. The molecule has 0 radical (unpaired) electrons. The molecule has 0 amide bonds. The lowest BCUT2D eigenvalue weighted by molar-refractivity contribution is 0.313. The monoisotopic (exact) mass is 253 g/mol. The van der Waals surface area contributed by atoms with E-state index in [4.69, 9.17) is 0 Å². The second-order valence-electron chi connectivity index (χ2n) is 5.03. The number of aromatic nitrogens is 1. The Morgan fingerprint density at radius 3 is 3.12 bits per heavy atom. The van der Waals surface area contributed by atoms with Gasteiger partial charge in [-0.1, -0.05) is 0 Å². The van der Waals surface area contributed by atoms with Crippen molar-refractivity contribution in [3.63, 3.8) is 0 Å². The Kier molecular flexibility index (Phi) is 4.95. The molecule has 1 saturated heterocycles. The Morgan fingerprint density at radius 1 is 1.59 bits per heavy atom. The Bertz CT molecular complexity index is 331. The molecule has 2 heterocycles. The molecule has 1 N–H and O–H groups in total. The van der Waals surface area contributed by atoms with Crippen LogP contribution in [0.1, 0.15) is 36.3 Å². The highest BCUT2D eigenvalue weighted by Gasteiger charge is 2.13. The molecule has 96 valence electrons. The predicted octanol–water partition coefficient (Wildman–Crippen LogP) is 2.42. The number of nitrogens with zero attached hydrogens (tertiary/aromatic N) is 2. The van der Waals surface area contributed by atoms with Gasteiger partial charge >= 0.3 is 0 Å². The summed E-state index contributed by atoms with van der Waals surface area (Å²) >= 11 is 1.77. The van der Waals surface area contributed by atoms with Gasteiger partial charge in [-0.15, -0.1) is 11.3 Å². The van der Waals surface area contributed by atoms with E-state index >= 15 is 0 Å². The van der Waals surface area contributed by atoms with E-state index in [0.29, 0.717) is 0 Å². The van der Waals surface area contributed by atoms with Gasteiger partial charge in [0.25, 0.3) is 0 Å². The number of thiazole rings is 1. The maximum absolute atomic E-state index is 4.29. The normalized spacial score (nSPS) is 20.3. The number of aryl methyl sites for hydroxylation is 1. The minimum absolute atomic E-state index is 0.786. The molecule has 1 aromatic heterocycles. The van der Waals surface area contributed by atoms with Crippen molar-refractivity contribution in [1.29, 1.82) is 0 Å². The van der Waals surface area contributed by atoms with E-state index in [0.717, 1.165) is 12.6 Å². The highest BCUT2D eigenvalue weighted by molar-refractivity contribution is 7.09. The van der Waals surface area contributed by atoms with E-state index in [1.807, 2.05) is 5.51 Å². The fraction of sp³-hybridized carbons (Fsp3) is 0.769. The fourth-order valence-electron chi connectivity index (χ4n) is 2.41. The van der Waals surface area contributed by atoms with Crippen LogP contribution in [0.15, 0.2) is 5.51 Å². The molecule has 17 heavy (non-hydrogen) atoms. The summed E-state index contributed by atoms with van der Waals surface area (Å²) in [6.45, 7) is 5.56. The lowest BCUT2D eigenvalue weighted by Gasteiger charge is -2.17. The second kappa shape index (κ2) is 6.47. The molecule has 4 heteroatoms. The van der Waals surface area contributed by atoms with Crippen molar-refractivity contribution in [2.75, 3.05) is 20.1 Å². The third-order valence-corrected chi connectivity index (χ3v) is 4.43. The Labute approximate surface area is 108 Å². The summed E-state index contributed by atoms with van der Waals surface area (Å²) in [5, 5.41) is 3.56. The molecule has 0 spiro atoms. The van der Waals surface area contributed by atoms with Crippen molar-refractivity contribution in [2.45, 2.75) is 45.2 Å². The van der Waals surface area contributed by atoms with Crippen molar-refractivity contribution < 1.29 is 0 Å². The van der Waals surface area contributed by atoms with E-state index in [-0.39, 0.29) is 0 Å². The minimum Gasteiger partial charge on any atom is -0.314 e. The van der Waals surface area contributed by atoms with Crippen molar-refractivity contribution >= 4 is 11.3 Å². The van der Waals surface area contributed by atoms with Crippen LogP contribution in [0.25, 0.3) is 0 Å². The summed E-state index contributed by atoms with van der Waals surface area (Å²) in [5.41, 5.74) is 3.14. The summed E-state index contributed by atoms with van der Waals surface area (Å²) in [5.74, 6) is 0. The van der Waals surface area contributed by atoms with Crippen molar-refractivity contribution in [3.05, 3.63) is 16.1 Å². The third-order valence-electron chi connectivity index (χ3n) is 3.51. The predicted molar refractivity (Wildman–Crippen MR) is 73.4 cm³/mol. The van der Waals surface area contributed by atoms with Gasteiger partial charge in [-0.25, -0.2) is 4.98 Å². The maximum Gasteiger partial charge on any atom is 0.0798 e. The molecule has 0 saturated carbocycles. The highest BCUT2D eigenvalue weighted by atomic mass is 32.1. The average molecular weight is 253 g/mol. The lowest BCUT2D eigenvalue weighted by atomic mass is 10.1. The molecule has 2 rings (SSSR count). The highest BCUT2D eigenvalue weighted by Crippen LogP contribution is 2.15. The first-order valence-corrected chi connectivity index (χ1v) is 7.44. The largest absolute Gasteiger partial charge is 0.314 e. The number of rotatable bonds is 6. The van der Waals surface area contributed by atoms with Crippen LogP contribution < -0.4 is 5.32 Å². The van der Waals surface area contributed by atoms with Gasteiger partial charge < -0.3 is 10.2 Å². The Balaban J connectivity index is 1.63. The van der Waals surface area contributed by atoms with Crippen LogP contribution in [-0.2, 0) is 6.54 Å². The Hall–Kier alpha value is -0.450. The zero-order valence-electron chi connectivity index (χ0n) is 10.9. The summed E-state index contributed by atoms with van der Waals surface area (Å²) in [7, 11) is 2.21. The standard InChI is InChI=1S/C13H23N3S/c1-11-13(17-10-15-11)9-16(2)8-4-6-12-5-3-7-14-12/h10,12,14H,3-9H2,1-2H3. The molecular weight excluding hydrogens is 230 g/mol. The molecule has 3 nitrogen and oxygen atoms in total. The first kappa shape index (κ1) is 13.0. The topological polar surface area (TPSA) is 28.2 Å². The molecule has 1 aromatic rings. The van der Waals surface area contributed by atoms with Crippen molar-refractivity contribution in [2.24, 2.45) is 0 Å². The van der Waals surface area contributed by atoms with Gasteiger partial charge in [0.1, 0.15) is 0 Å². The molecule has 1 aliphatic heterocycles. The molecule has 1 unspecified atom stereocenters. The van der Waals surface area contributed by atoms with Crippen LogP contribution >= 0.6 is 11.3 Å². The SMILES string of the molecule is Cc1ncsc1CN(C)CCCC1CCCN1. The van der Waals surface area contributed by atoms with Gasteiger partial charge in [0, 0.05) is 17.5 Å². The first-order chi connectivity index (χ1) is 8.25. The number of hydrogen-bond acceptors (Lipinski definition) is 4. The van der Waals surface area contributed by atoms with Gasteiger partial charge in [0.05, 0.1) is 11.2 Å². The van der Waals surface area contributed by atoms with E-state index in [1.54, 1.807) is 11.3 Å². The lowest BCUT2D eigenvalue weighted by Crippen LogP contribution is -2.24. The van der Waals surface area contributed by atoms with E-state index in [1.165, 1.54) is 49.3 Å². The molecule has 0 bridgehead atoms. The van der Waals surface area contributed by atoms with Crippen molar-refractivity contribution in [3.8, 4) is 0 Å². The molecule has 0 aliphatic carbocycles. The van der Waals surface area contributed by atoms with Gasteiger partial charge in [-0.2, -0.15) is 0 Å². The van der Waals surface area contributed by atoms with E-state index in [9.17, 15) is 0 Å². The molecular formula is C13H23N3S. The summed E-state index contributed by atoms with van der Waals surface area (Å²) in [4.78, 5) is 8.12. The van der Waals surface area contributed by atoms with E-state index < -0.39 is 0 Å².